The summed E-state index contributed by atoms with van der Waals surface area (Å²) >= 11 is 0. The molecule has 2 nitrogen and oxygen atoms in total. The van der Waals surface area contributed by atoms with Gasteiger partial charge in [-0.25, -0.2) is 4.98 Å². The molecule has 1 aromatic heterocycles. The summed E-state index contributed by atoms with van der Waals surface area (Å²) in [6, 6.07) is 0. The van der Waals surface area contributed by atoms with Crippen molar-refractivity contribution in [3.63, 3.8) is 0 Å². The van der Waals surface area contributed by atoms with Gasteiger partial charge in [0.15, 0.2) is 0 Å². The van der Waals surface area contributed by atoms with E-state index in [4.69, 9.17) is 0 Å². The van der Waals surface area contributed by atoms with E-state index < -0.39 is 0 Å². The van der Waals surface area contributed by atoms with Crippen LogP contribution in [0.2, 0.25) is 0 Å². The molecule has 0 saturated carbocycles. The molecule has 0 radical (unpaired) electrons. The second-order valence-corrected chi connectivity index (χ2v) is 2.95. The van der Waals surface area contributed by atoms with E-state index in [2.05, 4.69) is 23.5 Å². The van der Waals surface area contributed by atoms with Gasteiger partial charge in [0.2, 0.25) is 0 Å². The van der Waals surface area contributed by atoms with Crippen molar-refractivity contribution in [2.24, 2.45) is 0 Å². The third-order valence-electron chi connectivity index (χ3n) is 1.81. The van der Waals surface area contributed by atoms with Gasteiger partial charge in [0, 0.05) is 24.7 Å². The van der Waals surface area contributed by atoms with Crippen LogP contribution < -0.4 is 0 Å². The summed E-state index contributed by atoms with van der Waals surface area (Å²) in [6.45, 7) is 5.87. The molecular formula is C10H16N2. The van der Waals surface area contributed by atoms with E-state index in [1.54, 1.807) is 0 Å². The molecular weight excluding hydrogens is 148 g/mol. The number of unbranched alkanes of at least 4 members (excludes halogenated alkanes) is 1. The van der Waals surface area contributed by atoms with Gasteiger partial charge in [0.1, 0.15) is 5.82 Å². The van der Waals surface area contributed by atoms with Crippen LogP contribution in [0, 0.1) is 0 Å². The van der Waals surface area contributed by atoms with Crippen LogP contribution in [-0.4, -0.2) is 9.97 Å². The van der Waals surface area contributed by atoms with Crippen molar-refractivity contribution < 1.29 is 0 Å². The van der Waals surface area contributed by atoms with Crippen molar-refractivity contribution in [1.29, 1.82) is 0 Å². The second kappa shape index (κ2) is 4.75. The topological polar surface area (TPSA) is 28.7 Å². The first-order chi connectivity index (χ1) is 5.86. The summed E-state index contributed by atoms with van der Waals surface area (Å²) < 4.78 is 0. The molecule has 1 rings (SSSR count). The Hall–Kier alpha value is -1.05. The Morgan fingerprint density at radius 3 is 3.17 bits per heavy atom. The van der Waals surface area contributed by atoms with Gasteiger partial charge >= 0.3 is 0 Å². The minimum absolute atomic E-state index is 0.888. The normalized spacial score (nSPS) is 10.1. The molecule has 2 heteroatoms. The maximum atomic E-state index is 4.27. The Balaban J connectivity index is 2.46. The van der Waals surface area contributed by atoms with E-state index >= 15 is 0 Å². The molecule has 0 aliphatic carbocycles. The molecule has 0 atom stereocenters. The van der Waals surface area contributed by atoms with Crippen LogP contribution in [-0.2, 0) is 12.8 Å². The van der Waals surface area contributed by atoms with E-state index in [9.17, 15) is 0 Å². The SMILES string of the molecule is C=CCc1cnc(CCCC)[nH]1. The number of allylic oxidation sites excluding steroid dienone is 1. The lowest BCUT2D eigenvalue weighted by Gasteiger charge is -1.92. The summed E-state index contributed by atoms with van der Waals surface area (Å²) in [7, 11) is 0. The smallest absolute Gasteiger partial charge is 0.106 e. The maximum Gasteiger partial charge on any atom is 0.106 e. The Kier molecular flexibility index (Phi) is 3.58. The van der Waals surface area contributed by atoms with Crippen LogP contribution in [0.3, 0.4) is 0 Å². The van der Waals surface area contributed by atoms with Gasteiger partial charge in [0.25, 0.3) is 0 Å². The van der Waals surface area contributed by atoms with Gasteiger partial charge in [-0.3, -0.25) is 0 Å². The van der Waals surface area contributed by atoms with Gasteiger partial charge in [0.05, 0.1) is 0 Å². The number of nitrogens with zero attached hydrogens (tertiary/aromatic N) is 1. The average molecular weight is 164 g/mol. The lowest BCUT2D eigenvalue weighted by Crippen LogP contribution is -1.87. The molecule has 0 amide bonds. The first-order valence-electron chi connectivity index (χ1n) is 4.50. The highest BCUT2D eigenvalue weighted by Gasteiger charge is 1.97. The number of aromatic amines is 1. The Bertz CT molecular complexity index is 238. The number of H-pyrrole nitrogens is 1. The number of hydrogen-bond acceptors (Lipinski definition) is 1. The first kappa shape index (κ1) is 9.04. The molecule has 0 aromatic carbocycles. The molecule has 1 N–H and O–H groups in total. The third kappa shape index (κ3) is 2.53. The Labute approximate surface area is 73.7 Å². The fraction of sp³-hybridized carbons (Fsp3) is 0.500. The summed E-state index contributed by atoms with van der Waals surface area (Å²) in [5, 5.41) is 0. The lowest BCUT2D eigenvalue weighted by atomic mass is 10.2. The van der Waals surface area contributed by atoms with Gasteiger partial charge < -0.3 is 4.98 Å². The zero-order valence-corrected chi connectivity index (χ0v) is 7.64. The van der Waals surface area contributed by atoms with Crippen molar-refractivity contribution in [3.05, 3.63) is 30.4 Å². The largest absolute Gasteiger partial charge is 0.346 e. The molecule has 1 heterocycles. The quantitative estimate of drug-likeness (QED) is 0.665. The molecule has 0 aliphatic heterocycles. The monoisotopic (exact) mass is 164 g/mol. The molecule has 0 saturated heterocycles. The number of aromatic nitrogens is 2. The summed E-state index contributed by atoms with van der Waals surface area (Å²) in [6.07, 6.45) is 8.16. The van der Waals surface area contributed by atoms with E-state index in [0.29, 0.717) is 0 Å². The van der Waals surface area contributed by atoms with Crippen molar-refractivity contribution in [1.82, 2.24) is 9.97 Å². The standard InChI is InChI=1S/C10H16N2/c1-3-5-7-10-11-8-9(12-10)6-4-2/h4,8H,2-3,5-7H2,1H3,(H,11,12). The highest BCUT2D eigenvalue weighted by Crippen LogP contribution is 2.02. The number of aryl methyl sites for hydroxylation is 1. The molecule has 0 aliphatic rings. The molecule has 0 fully saturated rings. The van der Waals surface area contributed by atoms with Gasteiger partial charge in [-0.05, 0) is 6.42 Å². The Morgan fingerprint density at radius 2 is 2.50 bits per heavy atom. The fourth-order valence-electron chi connectivity index (χ4n) is 1.14. The van der Waals surface area contributed by atoms with Crippen LogP contribution >= 0.6 is 0 Å². The minimum Gasteiger partial charge on any atom is -0.346 e. The van der Waals surface area contributed by atoms with Crippen LogP contribution in [0.1, 0.15) is 31.3 Å². The third-order valence-corrected chi connectivity index (χ3v) is 1.81. The van der Waals surface area contributed by atoms with Crippen molar-refractivity contribution in [2.45, 2.75) is 32.6 Å². The predicted molar refractivity (Wildman–Crippen MR) is 51.1 cm³/mol. The summed E-state index contributed by atoms with van der Waals surface area (Å²) in [5.74, 6) is 1.11. The number of imidazole rings is 1. The molecule has 66 valence electrons. The van der Waals surface area contributed by atoms with Gasteiger partial charge in [-0.1, -0.05) is 19.4 Å². The van der Waals surface area contributed by atoms with Crippen molar-refractivity contribution in [2.75, 3.05) is 0 Å². The van der Waals surface area contributed by atoms with Gasteiger partial charge in [-0.2, -0.15) is 0 Å². The lowest BCUT2D eigenvalue weighted by molar-refractivity contribution is 0.760. The summed E-state index contributed by atoms with van der Waals surface area (Å²) in [5.41, 5.74) is 1.16. The Morgan fingerprint density at radius 1 is 1.67 bits per heavy atom. The summed E-state index contributed by atoms with van der Waals surface area (Å²) in [4.78, 5) is 7.54. The van der Waals surface area contributed by atoms with Gasteiger partial charge in [-0.15, -0.1) is 6.58 Å². The number of nitrogens with one attached hydrogen (secondary N) is 1. The van der Waals surface area contributed by atoms with Crippen molar-refractivity contribution in [3.8, 4) is 0 Å². The zero-order chi connectivity index (χ0) is 8.81. The van der Waals surface area contributed by atoms with Crippen LogP contribution in [0.25, 0.3) is 0 Å². The van der Waals surface area contributed by atoms with E-state index in [0.717, 1.165) is 24.4 Å². The second-order valence-electron chi connectivity index (χ2n) is 2.95. The van der Waals surface area contributed by atoms with E-state index in [1.165, 1.54) is 12.8 Å². The molecule has 0 bridgehead atoms. The van der Waals surface area contributed by atoms with Crippen molar-refractivity contribution >= 4 is 0 Å². The molecule has 0 spiro atoms. The van der Waals surface area contributed by atoms with Crippen LogP contribution in [0.15, 0.2) is 18.9 Å². The van der Waals surface area contributed by atoms with Crippen LogP contribution in [0.4, 0.5) is 0 Å². The van der Waals surface area contributed by atoms with E-state index in [-0.39, 0.29) is 0 Å². The predicted octanol–water partition coefficient (Wildman–Crippen LogP) is 2.48. The van der Waals surface area contributed by atoms with E-state index in [1.807, 2.05) is 12.3 Å². The maximum absolute atomic E-state index is 4.27. The highest BCUT2D eigenvalue weighted by atomic mass is 14.9. The zero-order valence-electron chi connectivity index (χ0n) is 7.64. The molecule has 12 heavy (non-hydrogen) atoms. The van der Waals surface area contributed by atoms with Crippen LogP contribution in [0.5, 0.6) is 0 Å². The minimum atomic E-state index is 0.888. The molecule has 1 aromatic rings. The number of rotatable bonds is 5. The molecule has 0 unspecified atom stereocenters. The average Bonchev–Trinajstić information content (AvgIpc) is 2.50. The first-order valence-corrected chi connectivity index (χ1v) is 4.50. The highest BCUT2D eigenvalue weighted by molar-refractivity contribution is 5.04. The fourth-order valence-corrected chi connectivity index (χ4v) is 1.14. The number of hydrogen-bond donors (Lipinski definition) is 1.